The zero-order valence-electron chi connectivity index (χ0n) is 9.52. The van der Waals surface area contributed by atoms with Gasteiger partial charge in [-0.05, 0) is 32.9 Å². The summed E-state index contributed by atoms with van der Waals surface area (Å²) in [6, 6.07) is 0. The van der Waals surface area contributed by atoms with Crippen LogP contribution in [0.25, 0.3) is 0 Å². The molecular weight excluding hydrogens is 221 g/mol. The fraction of sp³-hybridized carbons (Fsp3) is 1.00. The van der Waals surface area contributed by atoms with Gasteiger partial charge in [0.25, 0.3) is 0 Å². The summed E-state index contributed by atoms with van der Waals surface area (Å²) in [6.07, 6.45) is -3.55. The van der Waals surface area contributed by atoms with Crippen LogP contribution in [0.1, 0.15) is 19.8 Å². The highest BCUT2D eigenvalue weighted by Crippen LogP contribution is 2.40. The molecule has 6 heteroatoms. The van der Waals surface area contributed by atoms with E-state index in [-0.39, 0.29) is 19.6 Å². The van der Waals surface area contributed by atoms with Gasteiger partial charge in [-0.1, -0.05) is 0 Å². The van der Waals surface area contributed by atoms with Gasteiger partial charge in [0.1, 0.15) is 0 Å². The van der Waals surface area contributed by atoms with Crippen LogP contribution in [0.4, 0.5) is 13.2 Å². The number of alkyl halides is 3. The molecule has 1 saturated heterocycles. The Bertz CT molecular complexity index is 223. The van der Waals surface area contributed by atoms with Crippen LogP contribution in [0.2, 0.25) is 0 Å². The van der Waals surface area contributed by atoms with Gasteiger partial charge in [-0.25, -0.2) is 0 Å². The van der Waals surface area contributed by atoms with Crippen molar-refractivity contribution in [3.63, 3.8) is 0 Å². The molecule has 0 amide bonds. The Morgan fingerprint density at radius 1 is 1.44 bits per heavy atom. The summed E-state index contributed by atoms with van der Waals surface area (Å²) >= 11 is 0. The Hall–Kier alpha value is -0.330. The zero-order valence-corrected chi connectivity index (χ0v) is 9.52. The number of nitrogens with zero attached hydrogens (tertiary/aromatic N) is 1. The minimum absolute atomic E-state index is 0.0227. The summed E-state index contributed by atoms with van der Waals surface area (Å²) in [5.41, 5.74) is 3.38. The third-order valence-electron chi connectivity index (χ3n) is 2.93. The van der Waals surface area contributed by atoms with E-state index in [1.165, 1.54) is 0 Å². The molecule has 16 heavy (non-hydrogen) atoms. The second-order valence-electron chi connectivity index (χ2n) is 4.09. The smallest absolute Gasteiger partial charge is 0.364 e. The van der Waals surface area contributed by atoms with Crippen LogP contribution in [0.15, 0.2) is 0 Å². The number of halogens is 3. The third kappa shape index (κ3) is 2.87. The van der Waals surface area contributed by atoms with E-state index in [1.807, 2.05) is 0 Å². The van der Waals surface area contributed by atoms with Crippen molar-refractivity contribution in [2.24, 2.45) is 5.73 Å². The van der Waals surface area contributed by atoms with Gasteiger partial charge in [-0.2, -0.15) is 13.2 Å². The zero-order chi connectivity index (χ0) is 12.2. The van der Waals surface area contributed by atoms with E-state index in [4.69, 9.17) is 10.5 Å². The van der Waals surface area contributed by atoms with Crippen LogP contribution < -0.4 is 5.73 Å². The van der Waals surface area contributed by atoms with Gasteiger partial charge in [0.2, 0.25) is 0 Å². The van der Waals surface area contributed by atoms with Gasteiger partial charge in [0.15, 0.2) is 5.60 Å². The molecule has 0 aromatic heterocycles. The standard InChI is InChI=1S/C10H19F3N2O/c1-2-16-9(10(11,12)13)4-7-15(8-9)6-3-5-14/h2-8,14H2,1H3. The summed E-state index contributed by atoms with van der Waals surface area (Å²) in [4.78, 5) is 1.77. The lowest BCUT2D eigenvalue weighted by Gasteiger charge is -2.31. The van der Waals surface area contributed by atoms with Crippen LogP contribution in [0, 0.1) is 0 Å². The van der Waals surface area contributed by atoms with Crippen molar-refractivity contribution in [2.75, 3.05) is 32.8 Å². The summed E-state index contributed by atoms with van der Waals surface area (Å²) in [5, 5.41) is 0. The Labute approximate surface area is 93.7 Å². The van der Waals surface area contributed by atoms with E-state index in [2.05, 4.69) is 0 Å². The van der Waals surface area contributed by atoms with Crippen molar-refractivity contribution >= 4 is 0 Å². The highest BCUT2D eigenvalue weighted by molar-refractivity contribution is 4.97. The first kappa shape index (κ1) is 13.7. The Morgan fingerprint density at radius 2 is 2.12 bits per heavy atom. The molecule has 0 aromatic rings. The van der Waals surface area contributed by atoms with Crippen molar-refractivity contribution in [3.05, 3.63) is 0 Å². The first-order chi connectivity index (χ1) is 7.45. The van der Waals surface area contributed by atoms with Crippen LogP contribution in [-0.2, 0) is 4.74 Å². The summed E-state index contributed by atoms with van der Waals surface area (Å²) < 4.78 is 43.7. The minimum Gasteiger partial charge on any atom is -0.364 e. The molecule has 0 aromatic carbocycles. The van der Waals surface area contributed by atoms with E-state index in [9.17, 15) is 13.2 Å². The first-order valence-corrected chi connectivity index (χ1v) is 5.58. The maximum Gasteiger partial charge on any atom is 0.418 e. The molecule has 1 fully saturated rings. The SMILES string of the molecule is CCOC1(C(F)(F)F)CCN(CCCN)C1. The van der Waals surface area contributed by atoms with Crippen LogP contribution in [-0.4, -0.2) is 49.5 Å². The molecule has 0 spiro atoms. The van der Waals surface area contributed by atoms with Gasteiger partial charge in [-0.15, -0.1) is 0 Å². The molecule has 2 N–H and O–H groups in total. The molecular formula is C10H19F3N2O. The quantitative estimate of drug-likeness (QED) is 0.789. The highest BCUT2D eigenvalue weighted by atomic mass is 19.4. The Morgan fingerprint density at radius 3 is 2.62 bits per heavy atom. The largest absolute Gasteiger partial charge is 0.418 e. The molecule has 96 valence electrons. The maximum absolute atomic E-state index is 12.9. The van der Waals surface area contributed by atoms with Crippen molar-refractivity contribution in [3.8, 4) is 0 Å². The minimum atomic E-state index is -4.29. The molecule has 3 nitrogen and oxygen atoms in total. The van der Waals surface area contributed by atoms with Crippen molar-refractivity contribution < 1.29 is 17.9 Å². The topological polar surface area (TPSA) is 38.5 Å². The second-order valence-corrected chi connectivity index (χ2v) is 4.09. The summed E-state index contributed by atoms with van der Waals surface area (Å²) in [7, 11) is 0. The fourth-order valence-electron chi connectivity index (χ4n) is 2.07. The van der Waals surface area contributed by atoms with Crippen molar-refractivity contribution in [2.45, 2.75) is 31.5 Å². The third-order valence-corrected chi connectivity index (χ3v) is 2.93. The predicted molar refractivity (Wildman–Crippen MR) is 55.1 cm³/mol. The number of nitrogens with two attached hydrogens (primary N) is 1. The molecule has 0 aliphatic carbocycles. The van der Waals surface area contributed by atoms with E-state index >= 15 is 0 Å². The number of likely N-dealkylation sites (tertiary alicyclic amines) is 1. The fourth-order valence-corrected chi connectivity index (χ4v) is 2.07. The second kappa shape index (κ2) is 5.33. The number of rotatable bonds is 5. The average Bonchev–Trinajstić information content (AvgIpc) is 2.59. The first-order valence-electron chi connectivity index (χ1n) is 5.58. The van der Waals surface area contributed by atoms with Crippen LogP contribution >= 0.6 is 0 Å². The number of hydrogen-bond acceptors (Lipinski definition) is 3. The molecule has 1 aliphatic rings. The summed E-state index contributed by atoms with van der Waals surface area (Å²) in [5.74, 6) is 0. The normalized spacial score (nSPS) is 27.6. The van der Waals surface area contributed by atoms with E-state index in [0.717, 1.165) is 6.42 Å². The molecule has 0 saturated carbocycles. The van der Waals surface area contributed by atoms with E-state index < -0.39 is 11.8 Å². The molecule has 1 aliphatic heterocycles. The summed E-state index contributed by atoms with van der Waals surface area (Å²) in [6.45, 7) is 3.16. The van der Waals surface area contributed by atoms with Crippen LogP contribution in [0.5, 0.6) is 0 Å². The van der Waals surface area contributed by atoms with Crippen molar-refractivity contribution in [1.82, 2.24) is 4.90 Å². The van der Waals surface area contributed by atoms with Gasteiger partial charge < -0.3 is 10.5 Å². The molecule has 1 heterocycles. The van der Waals surface area contributed by atoms with Gasteiger partial charge in [-0.3, -0.25) is 4.90 Å². The maximum atomic E-state index is 12.9. The average molecular weight is 240 g/mol. The monoisotopic (exact) mass is 240 g/mol. The number of ether oxygens (including phenoxy) is 1. The van der Waals surface area contributed by atoms with Gasteiger partial charge in [0.05, 0.1) is 0 Å². The Kier molecular flexibility index (Phi) is 4.58. The molecule has 1 rings (SSSR count). The molecule has 0 bridgehead atoms. The van der Waals surface area contributed by atoms with E-state index in [0.29, 0.717) is 19.6 Å². The lowest BCUT2D eigenvalue weighted by Crippen LogP contribution is -2.50. The van der Waals surface area contributed by atoms with Crippen LogP contribution in [0.3, 0.4) is 0 Å². The number of hydrogen-bond donors (Lipinski definition) is 1. The lowest BCUT2D eigenvalue weighted by atomic mass is 10.0. The lowest BCUT2D eigenvalue weighted by molar-refractivity contribution is -0.270. The highest BCUT2D eigenvalue weighted by Gasteiger charge is 2.58. The van der Waals surface area contributed by atoms with E-state index in [1.54, 1.807) is 11.8 Å². The Balaban J connectivity index is 2.62. The van der Waals surface area contributed by atoms with Crippen molar-refractivity contribution in [1.29, 1.82) is 0 Å². The van der Waals surface area contributed by atoms with Gasteiger partial charge in [0, 0.05) is 19.7 Å². The molecule has 1 unspecified atom stereocenters. The molecule has 0 radical (unpaired) electrons. The molecule has 1 atom stereocenters. The predicted octanol–water partition coefficient (Wildman–Crippen LogP) is 1.38. The van der Waals surface area contributed by atoms with Gasteiger partial charge >= 0.3 is 6.18 Å².